The fourth-order valence-electron chi connectivity index (χ4n) is 4.94. The SMILES string of the molecule is CCOc1cc(C=NNC(=O)c2[nH]c3c(ccc4ccccc43)c2-c2ccccc2)ccc1OC(=O)c1ccc(Br)cc1. The molecule has 0 saturated carbocycles. The Kier molecular flexibility index (Phi) is 8.02. The first kappa shape index (κ1) is 27.9. The number of benzene rings is 5. The van der Waals surface area contributed by atoms with E-state index in [9.17, 15) is 9.59 Å². The van der Waals surface area contributed by atoms with Crippen LogP contribution in [0.1, 0.15) is 33.3 Å². The number of fused-ring (bicyclic) bond motifs is 3. The molecule has 6 rings (SSSR count). The third-order valence-corrected chi connectivity index (χ3v) is 7.45. The van der Waals surface area contributed by atoms with Gasteiger partial charge < -0.3 is 14.5 Å². The van der Waals surface area contributed by atoms with Crippen LogP contribution in [-0.2, 0) is 0 Å². The number of rotatable bonds is 8. The van der Waals surface area contributed by atoms with Crippen LogP contribution in [0.5, 0.6) is 11.5 Å². The van der Waals surface area contributed by atoms with E-state index in [1.807, 2.05) is 67.6 Å². The molecule has 7 nitrogen and oxygen atoms in total. The van der Waals surface area contributed by atoms with Gasteiger partial charge in [0.25, 0.3) is 5.91 Å². The summed E-state index contributed by atoms with van der Waals surface area (Å²) in [5.41, 5.74) is 6.77. The van der Waals surface area contributed by atoms with Gasteiger partial charge in [-0.1, -0.05) is 82.7 Å². The van der Waals surface area contributed by atoms with Crippen molar-refractivity contribution in [2.75, 3.05) is 6.61 Å². The lowest BCUT2D eigenvalue weighted by atomic mass is 9.99. The number of amides is 1. The maximum Gasteiger partial charge on any atom is 0.343 e. The molecule has 8 heteroatoms. The number of ether oxygens (including phenoxy) is 2. The number of nitrogens with zero attached hydrogens (tertiary/aromatic N) is 1. The predicted molar refractivity (Wildman–Crippen MR) is 173 cm³/mol. The second kappa shape index (κ2) is 12.3. The second-order valence-corrected chi connectivity index (χ2v) is 10.6. The Morgan fingerprint density at radius 2 is 1.63 bits per heavy atom. The average Bonchev–Trinajstić information content (AvgIpc) is 3.43. The molecule has 0 aliphatic heterocycles. The highest BCUT2D eigenvalue weighted by molar-refractivity contribution is 9.10. The van der Waals surface area contributed by atoms with Crippen molar-refractivity contribution in [2.24, 2.45) is 5.10 Å². The van der Waals surface area contributed by atoms with E-state index >= 15 is 0 Å². The molecule has 2 N–H and O–H groups in total. The summed E-state index contributed by atoms with van der Waals surface area (Å²) in [6.45, 7) is 2.21. The van der Waals surface area contributed by atoms with E-state index in [-0.39, 0.29) is 11.7 Å². The van der Waals surface area contributed by atoms with Crippen molar-refractivity contribution in [3.63, 3.8) is 0 Å². The Morgan fingerprint density at radius 3 is 2.42 bits per heavy atom. The van der Waals surface area contributed by atoms with Gasteiger partial charge in [-0.15, -0.1) is 0 Å². The number of aromatic nitrogens is 1. The first-order chi connectivity index (χ1) is 21.0. The van der Waals surface area contributed by atoms with E-state index in [0.29, 0.717) is 29.2 Å². The zero-order chi connectivity index (χ0) is 29.8. The number of carbonyl (C=O) groups excluding carboxylic acids is 2. The molecule has 0 aliphatic rings. The molecule has 0 bridgehead atoms. The Balaban J connectivity index is 1.26. The lowest BCUT2D eigenvalue weighted by molar-refractivity contribution is 0.0728. The van der Waals surface area contributed by atoms with Gasteiger partial charge in [0.1, 0.15) is 5.69 Å². The number of carbonyl (C=O) groups is 2. The van der Waals surface area contributed by atoms with Gasteiger partial charge in [-0.25, -0.2) is 10.2 Å². The Labute approximate surface area is 256 Å². The minimum atomic E-state index is -0.498. The summed E-state index contributed by atoms with van der Waals surface area (Å²) in [5, 5.41) is 7.29. The van der Waals surface area contributed by atoms with Crippen LogP contribution in [0.25, 0.3) is 32.8 Å². The van der Waals surface area contributed by atoms with Gasteiger partial charge in [-0.2, -0.15) is 5.10 Å². The molecular weight excluding hydrogens is 606 g/mol. The van der Waals surface area contributed by atoms with Crippen LogP contribution < -0.4 is 14.9 Å². The fourth-order valence-corrected chi connectivity index (χ4v) is 5.20. The molecule has 5 aromatic carbocycles. The summed E-state index contributed by atoms with van der Waals surface area (Å²) >= 11 is 3.36. The van der Waals surface area contributed by atoms with Crippen LogP contribution in [0.2, 0.25) is 0 Å². The summed E-state index contributed by atoms with van der Waals surface area (Å²) in [4.78, 5) is 29.5. The van der Waals surface area contributed by atoms with Gasteiger partial charge >= 0.3 is 5.97 Å². The highest BCUT2D eigenvalue weighted by Gasteiger charge is 2.20. The summed E-state index contributed by atoms with van der Waals surface area (Å²) in [6.07, 6.45) is 1.51. The van der Waals surface area contributed by atoms with Gasteiger partial charge in [0.2, 0.25) is 0 Å². The maximum absolute atomic E-state index is 13.5. The lowest BCUT2D eigenvalue weighted by Crippen LogP contribution is -2.18. The summed E-state index contributed by atoms with van der Waals surface area (Å²) < 4.78 is 12.2. The standard InChI is InChI=1S/C35H26BrN3O4/c1-2-42-30-20-22(12-19-29(30)43-35(41)25-13-16-26(36)17-14-25)21-37-39-34(40)33-31(24-9-4-3-5-10-24)28-18-15-23-8-6-7-11-27(23)32(28)38-33/h3-21,38H,2H2,1H3,(H,39,40). The van der Waals surface area contributed by atoms with E-state index < -0.39 is 5.97 Å². The molecular formula is C35H26BrN3O4. The van der Waals surface area contributed by atoms with Crippen LogP contribution in [0.3, 0.4) is 0 Å². The molecule has 1 aromatic heterocycles. The van der Waals surface area contributed by atoms with Crippen molar-refractivity contribution in [2.45, 2.75) is 6.92 Å². The smallest absolute Gasteiger partial charge is 0.343 e. The Bertz CT molecular complexity index is 1980. The van der Waals surface area contributed by atoms with Crippen LogP contribution >= 0.6 is 15.9 Å². The second-order valence-electron chi connectivity index (χ2n) is 9.69. The number of hydrogen-bond donors (Lipinski definition) is 2. The molecule has 0 radical (unpaired) electrons. The number of hydrazone groups is 1. The molecule has 6 aromatic rings. The van der Waals surface area contributed by atoms with Gasteiger partial charge in [0, 0.05) is 20.8 Å². The molecule has 0 unspecified atom stereocenters. The van der Waals surface area contributed by atoms with Crippen molar-refractivity contribution in [1.29, 1.82) is 0 Å². The molecule has 0 aliphatic carbocycles. The average molecular weight is 633 g/mol. The molecule has 1 amide bonds. The molecule has 1 heterocycles. The highest BCUT2D eigenvalue weighted by atomic mass is 79.9. The van der Waals surface area contributed by atoms with Gasteiger partial charge in [-0.05, 0) is 65.9 Å². The number of esters is 1. The molecule has 0 atom stereocenters. The van der Waals surface area contributed by atoms with Gasteiger partial charge in [-0.3, -0.25) is 4.79 Å². The van der Waals surface area contributed by atoms with Crippen molar-refractivity contribution in [3.8, 4) is 22.6 Å². The number of nitrogens with one attached hydrogen (secondary N) is 2. The van der Waals surface area contributed by atoms with Crippen LogP contribution in [0.15, 0.2) is 119 Å². The largest absolute Gasteiger partial charge is 0.490 e. The van der Waals surface area contributed by atoms with Gasteiger partial charge in [0.05, 0.1) is 23.9 Å². The zero-order valence-corrected chi connectivity index (χ0v) is 24.7. The molecule has 0 spiro atoms. The van der Waals surface area contributed by atoms with E-state index in [4.69, 9.17) is 9.47 Å². The molecule has 212 valence electrons. The number of hydrogen-bond acceptors (Lipinski definition) is 5. The maximum atomic E-state index is 13.5. The van der Waals surface area contributed by atoms with Crippen LogP contribution in [0, 0.1) is 0 Å². The minimum Gasteiger partial charge on any atom is -0.490 e. The van der Waals surface area contributed by atoms with E-state index in [0.717, 1.165) is 37.3 Å². The summed E-state index contributed by atoms with van der Waals surface area (Å²) in [7, 11) is 0. The first-order valence-corrected chi connectivity index (χ1v) is 14.5. The van der Waals surface area contributed by atoms with Gasteiger partial charge in [0.15, 0.2) is 11.5 Å². The zero-order valence-electron chi connectivity index (χ0n) is 23.1. The minimum absolute atomic E-state index is 0.286. The number of H-pyrrole nitrogens is 1. The van der Waals surface area contributed by atoms with E-state index in [2.05, 4.69) is 37.5 Å². The van der Waals surface area contributed by atoms with Crippen molar-refractivity contribution in [1.82, 2.24) is 10.4 Å². The summed E-state index contributed by atoms with van der Waals surface area (Å²) in [5.74, 6) is -0.200. The molecule has 43 heavy (non-hydrogen) atoms. The fraction of sp³-hybridized carbons (Fsp3) is 0.0571. The third-order valence-electron chi connectivity index (χ3n) is 6.92. The van der Waals surface area contributed by atoms with E-state index in [1.165, 1.54) is 6.21 Å². The monoisotopic (exact) mass is 631 g/mol. The number of aromatic amines is 1. The Morgan fingerprint density at radius 1 is 0.860 bits per heavy atom. The molecule has 0 fully saturated rings. The third kappa shape index (κ3) is 5.91. The normalized spacial score (nSPS) is 11.2. The summed E-state index contributed by atoms with van der Waals surface area (Å²) in [6, 6.07) is 33.9. The van der Waals surface area contributed by atoms with Crippen LogP contribution in [0.4, 0.5) is 0 Å². The van der Waals surface area contributed by atoms with Crippen molar-refractivity contribution < 1.29 is 19.1 Å². The molecule has 0 saturated heterocycles. The first-order valence-electron chi connectivity index (χ1n) is 13.7. The predicted octanol–water partition coefficient (Wildman–Crippen LogP) is 8.13. The topological polar surface area (TPSA) is 92.8 Å². The highest BCUT2D eigenvalue weighted by Crippen LogP contribution is 2.36. The Hall–Kier alpha value is -5.21. The van der Waals surface area contributed by atoms with Crippen molar-refractivity contribution >= 4 is 55.7 Å². The quantitative estimate of drug-likeness (QED) is 0.0767. The number of halogens is 1. The van der Waals surface area contributed by atoms with Crippen molar-refractivity contribution in [3.05, 3.63) is 130 Å². The van der Waals surface area contributed by atoms with Crippen LogP contribution in [-0.4, -0.2) is 29.7 Å². The lowest BCUT2D eigenvalue weighted by Gasteiger charge is -2.11. The van der Waals surface area contributed by atoms with E-state index in [1.54, 1.807) is 42.5 Å².